The van der Waals surface area contributed by atoms with E-state index in [-0.39, 0.29) is 18.6 Å². The van der Waals surface area contributed by atoms with Crippen molar-refractivity contribution in [3.05, 3.63) is 66.0 Å². The molecule has 23 heavy (non-hydrogen) atoms. The number of nitrogens with one attached hydrogen (secondary N) is 1. The second kappa shape index (κ2) is 9.02. The molecule has 2 rings (SSSR count). The maximum absolute atomic E-state index is 12.5. The van der Waals surface area contributed by atoms with E-state index in [2.05, 4.69) is 10.3 Å². The van der Waals surface area contributed by atoms with Gasteiger partial charge in [0.15, 0.2) is 6.10 Å². The van der Waals surface area contributed by atoms with Crippen LogP contribution in [0, 0.1) is 0 Å². The van der Waals surface area contributed by atoms with Crippen molar-refractivity contribution in [3.8, 4) is 0 Å². The zero-order chi connectivity index (χ0) is 16.5. The number of pyridine rings is 1. The smallest absolute Gasteiger partial charge is 0.254 e. The quantitative estimate of drug-likeness (QED) is 0.780. The fourth-order valence-electron chi connectivity index (χ4n) is 2.36. The van der Waals surface area contributed by atoms with E-state index in [1.165, 1.54) is 0 Å². The van der Waals surface area contributed by atoms with Crippen LogP contribution in [0.3, 0.4) is 0 Å². The fraction of sp³-hybridized carbons (Fsp3) is 0.333. The predicted octanol–water partition coefficient (Wildman–Crippen LogP) is 1.88. The van der Waals surface area contributed by atoms with E-state index in [9.17, 15) is 9.90 Å². The molecule has 1 aromatic heterocycles. The van der Waals surface area contributed by atoms with Gasteiger partial charge in [-0.05, 0) is 36.6 Å². The molecule has 0 saturated heterocycles. The highest BCUT2D eigenvalue weighted by atomic mass is 16.5. The lowest BCUT2D eigenvalue weighted by Gasteiger charge is -2.22. The SMILES string of the molecule is CCO[C@@H](C(=O)N[C@H](CO)Cc1ccncc1)c1ccccc1. The molecule has 1 aromatic carbocycles. The minimum atomic E-state index is -0.673. The van der Waals surface area contributed by atoms with Crippen molar-refractivity contribution < 1.29 is 14.6 Å². The van der Waals surface area contributed by atoms with Crippen LogP contribution in [0.25, 0.3) is 0 Å². The monoisotopic (exact) mass is 314 g/mol. The Morgan fingerprint density at radius 1 is 1.22 bits per heavy atom. The third-order valence-corrected chi connectivity index (χ3v) is 3.47. The summed E-state index contributed by atoms with van der Waals surface area (Å²) in [5.41, 5.74) is 1.81. The number of aliphatic hydroxyl groups is 1. The Labute approximate surface area is 136 Å². The van der Waals surface area contributed by atoms with Gasteiger partial charge in [-0.2, -0.15) is 0 Å². The minimum Gasteiger partial charge on any atom is -0.394 e. The molecule has 0 aliphatic carbocycles. The van der Waals surface area contributed by atoms with Crippen LogP contribution >= 0.6 is 0 Å². The highest BCUT2D eigenvalue weighted by Crippen LogP contribution is 2.17. The van der Waals surface area contributed by atoms with E-state index in [4.69, 9.17) is 4.74 Å². The summed E-state index contributed by atoms with van der Waals surface area (Å²) in [6, 6.07) is 12.7. The normalized spacial score (nSPS) is 13.3. The summed E-state index contributed by atoms with van der Waals surface area (Å²) in [6.45, 7) is 2.15. The number of carbonyl (C=O) groups is 1. The second-order valence-electron chi connectivity index (χ2n) is 5.19. The Balaban J connectivity index is 2.04. The fourth-order valence-corrected chi connectivity index (χ4v) is 2.36. The molecule has 122 valence electrons. The molecule has 0 saturated carbocycles. The van der Waals surface area contributed by atoms with E-state index in [0.717, 1.165) is 11.1 Å². The topological polar surface area (TPSA) is 71.5 Å². The van der Waals surface area contributed by atoms with Crippen molar-refractivity contribution in [3.63, 3.8) is 0 Å². The molecular weight excluding hydrogens is 292 g/mol. The number of hydrogen-bond acceptors (Lipinski definition) is 4. The van der Waals surface area contributed by atoms with Crippen LogP contribution in [0.2, 0.25) is 0 Å². The average molecular weight is 314 g/mol. The van der Waals surface area contributed by atoms with E-state index in [1.807, 2.05) is 49.4 Å². The number of aliphatic hydroxyl groups excluding tert-OH is 1. The van der Waals surface area contributed by atoms with Gasteiger partial charge in [-0.3, -0.25) is 9.78 Å². The van der Waals surface area contributed by atoms with Gasteiger partial charge in [-0.15, -0.1) is 0 Å². The largest absolute Gasteiger partial charge is 0.394 e. The van der Waals surface area contributed by atoms with Crippen molar-refractivity contribution in [2.45, 2.75) is 25.5 Å². The van der Waals surface area contributed by atoms with Crippen molar-refractivity contribution in [1.82, 2.24) is 10.3 Å². The Morgan fingerprint density at radius 2 is 1.91 bits per heavy atom. The first-order valence-electron chi connectivity index (χ1n) is 7.71. The molecule has 5 nitrogen and oxygen atoms in total. The van der Waals surface area contributed by atoms with Crippen LogP contribution < -0.4 is 5.32 Å². The van der Waals surface area contributed by atoms with Gasteiger partial charge in [0.05, 0.1) is 12.6 Å². The molecule has 0 fully saturated rings. The minimum absolute atomic E-state index is 0.137. The number of benzene rings is 1. The van der Waals surface area contributed by atoms with Crippen LogP contribution in [0.1, 0.15) is 24.2 Å². The molecule has 2 atom stereocenters. The van der Waals surface area contributed by atoms with Crippen molar-refractivity contribution in [1.29, 1.82) is 0 Å². The first kappa shape index (κ1) is 17.1. The number of rotatable bonds is 8. The molecule has 0 aliphatic rings. The van der Waals surface area contributed by atoms with Gasteiger partial charge < -0.3 is 15.2 Å². The first-order chi connectivity index (χ1) is 11.2. The van der Waals surface area contributed by atoms with Crippen LogP contribution in [-0.2, 0) is 16.0 Å². The Kier molecular flexibility index (Phi) is 6.72. The van der Waals surface area contributed by atoms with Crippen LogP contribution in [0.4, 0.5) is 0 Å². The van der Waals surface area contributed by atoms with Gasteiger partial charge in [0.2, 0.25) is 0 Å². The summed E-state index contributed by atoms with van der Waals surface area (Å²) in [5, 5.41) is 12.4. The van der Waals surface area contributed by atoms with Crippen molar-refractivity contribution >= 4 is 5.91 Å². The number of hydrogen-bond donors (Lipinski definition) is 2. The van der Waals surface area contributed by atoms with Crippen LogP contribution in [-0.4, -0.2) is 35.3 Å². The molecule has 0 spiro atoms. The molecule has 0 radical (unpaired) electrons. The van der Waals surface area contributed by atoms with Crippen LogP contribution in [0.5, 0.6) is 0 Å². The third-order valence-electron chi connectivity index (χ3n) is 3.47. The Morgan fingerprint density at radius 3 is 2.52 bits per heavy atom. The van der Waals surface area contributed by atoms with Gasteiger partial charge in [-0.25, -0.2) is 0 Å². The number of ether oxygens (including phenoxy) is 1. The summed E-state index contributed by atoms with van der Waals surface area (Å²) in [7, 11) is 0. The van der Waals surface area contributed by atoms with Gasteiger partial charge >= 0.3 is 0 Å². The number of carbonyl (C=O) groups excluding carboxylic acids is 1. The maximum atomic E-state index is 12.5. The lowest BCUT2D eigenvalue weighted by Crippen LogP contribution is -2.42. The highest BCUT2D eigenvalue weighted by Gasteiger charge is 2.23. The predicted molar refractivity (Wildman–Crippen MR) is 87.8 cm³/mol. The zero-order valence-electron chi connectivity index (χ0n) is 13.2. The molecule has 2 N–H and O–H groups in total. The summed E-state index contributed by atoms with van der Waals surface area (Å²) < 4.78 is 5.58. The second-order valence-corrected chi connectivity index (χ2v) is 5.19. The molecule has 0 unspecified atom stereocenters. The van der Waals surface area contributed by atoms with Gasteiger partial charge in [0.25, 0.3) is 5.91 Å². The lowest BCUT2D eigenvalue weighted by atomic mass is 10.1. The third kappa shape index (κ3) is 5.16. The van der Waals surface area contributed by atoms with Gasteiger partial charge in [0.1, 0.15) is 0 Å². The maximum Gasteiger partial charge on any atom is 0.254 e. The van der Waals surface area contributed by atoms with Gasteiger partial charge in [0, 0.05) is 19.0 Å². The number of nitrogens with zero attached hydrogens (tertiary/aromatic N) is 1. The van der Waals surface area contributed by atoms with E-state index < -0.39 is 6.10 Å². The molecular formula is C18H22N2O3. The van der Waals surface area contributed by atoms with Crippen LogP contribution in [0.15, 0.2) is 54.9 Å². The average Bonchev–Trinajstić information content (AvgIpc) is 2.60. The Bertz CT molecular complexity index is 590. The van der Waals surface area contributed by atoms with E-state index in [0.29, 0.717) is 13.0 Å². The van der Waals surface area contributed by atoms with Crippen molar-refractivity contribution in [2.75, 3.05) is 13.2 Å². The Hall–Kier alpha value is -2.24. The number of amides is 1. The molecule has 1 heterocycles. The highest BCUT2D eigenvalue weighted by molar-refractivity contribution is 5.82. The lowest BCUT2D eigenvalue weighted by molar-refractivity contribution is -0.134. The molecule has 2 aromatic rings. The number of aromatic nitrogens is 1. The standard InChI is InChI=1S/C18H22N2O3/c1-2-23-17(15-6-4-3-5-7-15)18(22)20-16(13-21)12-14-8-10-19-11-9-14/h3-11,16-17,21H,2,12-13H2,1H3,(H,20,22)/t16-,17+/m0/s1. The molecule has 1 amide bonds. The zero-order valence-corrected chi connectivity index (χ0v) is 13.2. The first-order valence-corrected chi connectivity index (χ1v) is 7.71. The summed E-state index contributed by atoms with van der Waals surface area (Å²) in [4.78, 5) is 16.5. The molecule has 0 bridgehead atoms. The summed E-state index contributed by atoms with van der Waals surface area (Å²) in [6.07, 6.45) is 3.25. The van der Waals surface area contributed by atoms with Gasteiger partial charge in [-0.1, -0.05) is 30.3 Å². The molecule has 5 heteroatoms. The van der Waals surface area contributed by atoms with E-state index >= 15 is 0 Å². The summed E-state index contributed by atoms with van der Waals surface area (Å²) >= 11 is 0. The molecule has 0 aliphatic heterocycles. The summed E-state index contributed by atoms with van der Waals surface area (Å²) in [5.74, 6) is -0.244. The van der Waals surface area contributed by atoms with E-state index in [1.54, 1.807) is 12.4 Å². The van der Waals surface area contributed by atoms with Crippen molar-refractivity contribution in [2.24, 2.45) is 0 Å².